The highest BCUT2D eigenvalue weighted by Gasteiger charge is 2.32. The van der Waals surface area contributed by atoms with E-state index in [1.165, 1.54) is 51.9 Å². The van der Waals surface area contributed by atoms with Gasteiger partial charge in [0.2, 0.25) is 0 Å². The maximum atomic E-state index is 9.52. The molecule has 0 aromatic rings. The van der Waals surface area contributed by atoms with E-state index in [1.54, 1.807) is 0 Å². The monoisotopic (exact) mass is 254 g/mol. The van der Waals surface area contributed by atoms with E-state index in [-0.39, 0.29) is 5.41 Å². The van der Waals surface area contributed by atoms with Crippen LogP contribution in [0, 0.1) is 5.41 Å². The van der Waals surface area contributed by atoms with Gasteiger partial charge in [-0.05, 0) is 45.3 Å². The number of hydrogen-bond acceptors (Lipinski definition) is 3. The molecule has 0 spiro atoms. The second-order valence-corrected chi connectivity index (χ2v) is 6.60. The molecule has 2 aliphatic rings. The summed E-state index contributed by atoms with van der Waals surface area (Å²) in [5, 5.41) is 9.52. The van der Waals surface area contributed by atoms with E-state index in [2.05, 4.69) is 23.6 Å². The van der Waals surface area contributed by atoms with Crippen LogP contribution >= 0.6 is 0 Å². The van der Waals surface area contributed by atoms with Crippen molar-refractivity contribution in [2.45, 2.75) is 52.0 Å². The van der Waals surface area contributed by atoms with Crippen molar-refractivity contribution in [3.63, 3.8) is 0 Å². The average Bonchev–Trinajstić information content (AvgIpc) is 2.88. The van der Waals surface area contributed by atoms with Crippen LogP contribution in [0.4, 0.5) is 0 Å². The molecular formula is C15H30N2O. The van der Waals surface area contributed by atoms with E-state index in [1.807, 2.05) is 0 Å². The summed E-state index contributed by atoms with van der Waals surface area (Å²) in [5.41, 5.74) is 0.0940. The van der Waals surface area contributed by atoms with Crippen molar-refractivity contribution in [3.8, 4) is 0 Å². The second-order valence-electron chi connectivity index (χ2n) is 6.60. The van der Waals surface area contributed by atoms with Crippen LogP contribution in [0.5, 0.6) is 0 Å². The zero-order valence-corrected chi connectivity index (χ0v) is 12.2. The molecule has 0 saturated carbocycles. The van der Waals surface area contributed by atoms with Gasteiger partial charge in [-0.2, -0.15) is 0 Å². The summed E-state index contributed by atoms with van der Waals surface area (Å²) in [7, 11) is 0. The molecule has 0 bridgehead atoms. The van der Waals surface area contributed by atoms with Gasteiger partial charge in [0, 0.05) is 31.2 Å². The van der Waals surface area contributed by atoms with E-state index in [0.29, 0.717) is 6.61 Å². The average molecular weight is 254 g/mol. The SMILES string of the molecule is CCC(C)(CO)CN1CCC(N2CCCCC2)C1. The van der Waals surface area contributed by atoms with Gasteiger partial charge >= 0.3 is 0 Å². The molecule has 106 valence electrons. The first-order valence-corrected chi connectivity index (χ1v) is 7.74. The Balaban J connectivity index is 1.80. The van der Waals surface area contributed by atoms with Gasteiger partial charge in [-0.15, -0.1) is 0 Å². The topological polar surface area (TPSA) is 26.7 Å². The highest BCUT2D eigenvalue weighted by Crippen LogP contribution is 2.26. The van der Waals surface area contributed by atoms with Crippen LogP contribution in [0.2, 0.25) is 0 Å². The van der Waals surface area contributed by atoms with Gasteiger partial charge in [-0.25, -0.2) is 0 Å². The van der Waals surface area contributed by atoms with Gasteiger partial charge in [-0.1, -0.05) is 20.3 Å². The summed E-state index contributed by atoms with van der Waals surface area (Å²) in [6.07, 6.45) is 6.59. The third kappa shape index (κ3) is 3.46. The quantitative estimate of drug-likeness (QED) is 0.812. The smallest absolute Gasteiger partial charge is 0.0496 e. The summed E-state index contributed by atoms with van der Waals surface area (Å²) in [4.78, 5) is 5.27. The van der Waals surface area contributed by atoms with Gasteiger partial charge < -0.3 is 10.0 Å². The number of likely N-dealkylation sites (tertiary alicyclic amines) is 2. The Bertz CT molecular complexity index is 247. The standard InChI is InChI=1S/C15H30N2O/c1-3-15(2,13-18)12-16-10-7-14(11-16)17-8-5-4-6-9-17/h14,18H,3-13H2,1-2H3. The van der Waals surface area contributed by atoms with Crippen LogP contribution in [0.1, 0.15) is 46.0 Å². The van der Waals surface area contributed by atoms with Crippen LogP contribution in [0.15, 0.2) is 0 Å². The molecule has 2 saturated heterocycles. The Morgan fingerprint density at radius 1 is 1.17 bits per heavy atom. The lowest BCUT2D eigenvalue weighted by Gasteiger charge is -2.34. The van der Waals surface area contributed by atoms with E-state index in [0.717, 1.165) is 19.0 Å². The van der Waals surface area contributed by atoms with Crippen molar-refractivity contribution in [1.29, 1.82) is 0 Å². The molecule has 0 aromatic heterocycles. The Kier molecular flexibility index (Phi) is 5.05. The molecule has 2 aliphatic heterocycles. The summed E-state index contributed by atoms with van der Waals surface area (Å²) in [6, 6.07) is 0.782. The van der Waals surface area contributed by atoms with Crippen LogP contribution in [0.25, 0.3) is 0 Å². The molecule has 0 aromatic carbocycles. The number of hydrogen-bond donors (Lipinski definition) is 1. The van der Waals surface area contributed by atoms with Gasteiger partial charge in [0.05, 0.1) is 0 Å². The molecule has 1 N–H and O–H groups in total. The van der Waals surface area contributed by atoms with Crippen molar-refractivity contribution in [3.05, 3.63) is 0 Å². The summed E-state index contributed by atoms with van der Waals surface area (Å²) in [6.45, 7) is 10.8. The van der Waals surface area contributed by atoms with Crippen molar-refractivity contribution >= 4 is 0 Å². The number of nitrogens with zero attached hydrogens (tertiary/aromatic N) is 2. The third-order valence-corrected chi connectivity index (χ3v) is 5.00. The molecule has 2 unspecified atom stereocenters. The fourth-order valence-electron chi connectivity index (χ4n) is 3.35. The lowest BCUT2D eigenvalue weighted by Crippen LogP contribution is -2.42. The first-order chi connectivity index (χ1) is 8.67. The van der Waals surface area contributed by atoms with E-state index < -0.39 is 0 Å². The van der Waals surface area contributed by atoms with Crippen LogP contribution in [0.3, 0.4) is 0 Å². The van der Waals surface area contributed by atoms with Crippen LogP contribution < -0.4 is 0 Å². The molecule has 0 aliphatic carbocycles. The number of rotatable bonds is 5. The lowest BCUT2D eigenvalue weighted by molar-refractivity contribution is 0.0883. The Hall–Kier alpha value is -0.120. The molecule has 3 heteroatoms. The fraction of sp³-hybridized carbons (Fsp3) is 1.00. The molecule has 2 heterocycles. The Labute approximate surface area is 112 Å². The first kappa shape index (κ1) is 14.3. The third-order valence-electron chi connectivity index (χ3n) is 5.00. The van der Waals surface area contributed by atoms with E-state index in [4.69, 9.17) is 0 Å². The maximum Gasteiger partial charge on any atom is 0.0496 e. The predicted octanol–water partition coefficient (Wildman–Crippen LogP) is 1.96. The maximum absolute atomic E-state index is 9.52. The number of piperidine rings is 1. The Morgan fingerprint density at radius 2 is 1.89 bits per heavy atom. The second kappa shape index (κ2) is 6.36. The molecule has 0 radical (unpaired) electrons. The minimum absolute atomic E-state index is 0.0940. The minimum Gasteiger partial charge on any atom is -0.396 e. The van der Waals surface area contributed by atoms with Crippen molar-refractivity contribution < 1.29 is 5.11 Å². The normalized spacial score (nSPS) is 30.5. The zero-order valence-electron chi connectivity index (χ0n) is 12.2. The number of aliphatic hydroxyl groups excluding tert-OH is 1. The fourth-order valence-corrected chi connectivity index (χ4v) is 3.35. The van der Waals surface area contributed by atoms with Crippen LogP contribution in [-0.4, -0.2) is 60.3 Å². The molecule has 0 amide bonds. The largest absolute Gasteiger partial charge is 0.396 e. The van der Waals surface area contributed by atoms with Crippen molar-refractivity contribution in [2.24, 2.45) is 5.41 Å². The molecule has 3 nitrogen and oxygen atoms in total. The van der Waals surface area contributed by atoms with Gasteiger partial charge in [0.25, 0.3) is 0 Å². The highest BCUT2D eigenvalue weighted by molar-refractivity contribution is 4.87. The van der Waals surface area contributed by atoms with E-state index in [9.17, 15) is 5.11 Å². The molecule has 2 atom stereocenters. The van der Waals surface area contributed by atoms with Crippen molar-refractivity contribution in [2.75, 3.05) is 39.3 Å². The Morgan fingerprint density at radius 3 is 2.50 bits per heavy atom. The summed E-state index contributed by atoms with van der Waals surface area (Å²) < 4.78 is 0. The number of aliphatic hydroxyl groups is 1. The molecule has 2 rings (SSSR count). The first-order valence-electron chi connectivity index (χ1n) is 7.74. The minimum atomic E-state index is 0.0940. The van der Waals surface area contributed by atoms with Gasteiger partial charge in [0.15, 0.2) is 0 Å². The molecular weight excluding hydrogens is 224 g/mol. The zero-order chi connectivity index (χ0) is 13.0. The molecule has 2 fully saturated rings. The van der Waals surface area contributed by atoms with Crippen molar-refractivity contribution in [1.82, 2.24) is 9.80 Å². The summed E-state index contributed by atoms with van der Waals surface area (Å²) in [5.74, 6) is 0. The highest BCUT2D eigenvalue weighted by atomic mass is 16.3. The van der Waals surface area contributed by atoms with E-state index >= 15 is 0 Å². The van der Waals surface area contributed by atoms with Crippen LogP contribution in [-0.2, 0) is 0 Å². The van der Waals surface area contributed by atoms with Gasteiger partial charge in [-0.3, -0.25) is 4.90 Å². The van der Waals surface area contributed by atoms with Gasteiger partial charge in [0.1, 0.15) is 0 Å². The predicted molar refractivity (Wildman–Crippen MR) is 75.8 cm³/mol. The molecule has 18 heavy (non-hydrogen) atoms. The summed E-state index contributed by atoms with van der Waals surface area (Å²) >= 11 is 0. The lowest BCUT2D eigenvalue weighted by atomic mass is 9.88.